The van der Waals surface area contributed by atoms with Crippen LogP contribution in [-0.4, -0.2) is 9.97 Å². The Labute approximate surface area is 169 Å². The number of aromatic nitrogens is 2. The summed E-state index contributed by atoms with van der Waals surface area (Å²) in [5.41, 5.74) is 5.96. The third-order valence-corrected chi connectivity index (χ3v) is 5.10. The number of nitrogens with zero attached hydrogens (tertiary/aromatic N) is 2. The maximum atomic E-state index is 4.96. The highest BCUT2D eigenvalue weighted by Crippen LogP contribution is 2.34. The van der Waals surface area contributed by atoms with E-state index in [0.717, 1.165) is 42.7 Å². The maximum Gasteiger partial charge on any atom is 0.0894 e. The molecule has 0 bridgehead atoms. The van der Waals surface area contributed by atoms with Crippen LogP contribution in [0.25, 0.3) is 33.8 Å². The van der Waals surface area contributed by atoms with E-state index in [2.05, 4.69) is 67.2 Å². The van der Waals surface area contributed by atoms with E-state index in [1.807, 2.05) is 48.5 Å². The Morgan fingerprint density at radius 1 is 0.615 bits per heavy atom. The Morgan fingerprint density at radius 3 is 2.19 bits per heavy atom. The molecule has 0 fully saturated rings. The van der Waals surface area contributed by atoms with Crippen molar-refractivity contribution in [1.82, 2.24) is 9.97 Å². The van der Waals surface area contributed by atoms with Crippen molar-refractivity contribution >= 4 is 31.9 Å². The molecule has 0 aliphatic rings. The second kappa shape index (κ2) is 7.52. The molecule has 2 aromatic heterocycles. The summed E-state index contributed by atoms with van der Waals surface area (Å²) >= 11 is 7.07. The van der Waals surface area contributed by atoms with Gasteiger partial charge in [-0.15, -0.1) is 0 Å². The molecule has 26 heavy (non-hydrogen) atoms. The van der Waals surface area contributed by atoms with Crippen LogP contribution >= 0.6 is 31.9 Å². The SMILES string of the molecule is Brc1ccc(-c2nc(-c3ccccn3)ccc2-c2cccc(Br)c2)cc1. The summed E-state index contributed by atoms with van der Waals surface area (Å²) in [6, 6.07) is 26.5. The molecule has 126 valence electrons. The van der Waals surface area contributed by atoms with Gasteiger partial charge < -0.3 is 0 Å². The predicted molar refractivity (Wildman–Crippen MR) is 114 cm³/mol. The summed E-state index contributed by atoms with van der Waals surface area (Å²) < 4.78 is 2.09. The van der Waals surface area contributed by atoms with E-state index >= 15 is 0 Å². The zero-order chi connectivity index (χ0) is 17.9. The van der Waals surface area contributed by atoms with E-state index in [0.29, 0.717) is 0 Å². The molecule has 4 aromatic rings. The first-order chi connectivity index (χ1) is 12.7. The lowest BCUT2D eigenvalue weighted by Crippen LogP contribution is -1.94. The zero-order valence-corrected chi connectivity index (χ0v) is 16.9. The van der Waals surface area contributed by atoms with Crippen molar-refractivity contribution in [3.05, 3.63) is 94.0 Å². The first-order valence-electron chi connectivity index (χ1n) is 8.15. The van der Waals surface area contributed by atoms with Gasteiger partial charge in [0, 0.05) is 26.3 Å². The topological polar surface area (TPSA) is 25.8 Å². The Morgan fingerprint density at radius 2 is 1.46 bits per heavy atom. The van der Waals surface area contributed by atoms with Gasteiger partial charge in [-0.3, -0.25) is 4.98 Å². The summed E-state index contributed by atoms with van der Waals surface area (Å²) in [5.74, 6) is 0. The number of hydrogen-bond acceptors (Lipinski definition) is 2. The van der Waals surface area contributed by atoms with Crippen molar-refractivity contribution < 1.29 is 0 Å². The fourth-order valence-corrected chi connectivity index (χ4v) is 3.50. The first-order valence-corrected chi connectivity index (χ1v) is 9.74. The van der Waals surface area contributed by atoms with Crippen molar-refractivity contribution in [3.63, 3.8) is 0 Å². The van der Waals surface area contributed by atoms with E-state index in [9.17, 15) is 0 Å². The Hall–Kier alpha value is -2.30. The van der Waals surface area contributed by atoms with Gasteiger partial charge in [0.1, 0.15) is 0 Å². The smallest absolute Gasteiger partial charge is 0.0894 e. The van der Waals surface area contributed by atoms with Crippen LogP contribution in [0.5, 0.6) is 0 Å². The first kappa shape index (κ1) is 17.1. The second-order valence-electron chi connectivity index (χ2n) is 5.82. The molecule has 0 saturated carbocycles. The highest BCUT2D eigenvalue weighted by molar-refractivity contribution is 9.10. The van der Waals surface area contributed by atoms with Crippen molar-refractivity contribution in [2.45, 2.75) is 0 Å². The molecule has 2 aromatic carbocycles. The Balaban J connectivity index is 1.92. The van der Waals surface area contributed by atoms with E-state index in [1.54, 1.807) is 6.20 Å². The predicted octanol–water partition coefficient (Wildman–Crippen LogP) is 7.00. The van der Waals surface area contributed by atoms with Gasteiger partial charge in [0.2, 0.25) is 0 Å². The molecule has 0 amide bonds. The molecule has 0 spiro atoms. The average Bonchev–Trinajstić information content (AvgIpc) is 2.69. The lowest BCUT2D eigenvalue weighted by Gasteiger charge is -2.12. The minimum Gasteiger partial charge on any atom is -0.255 e. The van der Waals surface area contributed by atoms with Crippen LogP contribution in [0.1, 0.15) is 0 Å². The lowest BCUT2D eigenvalue weighted by atomic mass is 9.98. The van der Waals surface area contributed by atoms with Gasteiger partial charge in [-0.2, -0.15) is 0 Å². The van der Waals surface area contributed by atoms with Crippen molar-refractivity contribution in [3.8, 4) is 33.8 Å². The molecule has 0 aliphatic heterocycles. The maximum absolute atomic E-state index is 4.96. The van der Waals surface area contributed by atoms with Gasteiger partial charge in [-0.25, -0.2) is 4.98 Å². The highest BCUT2D eigenvalue weighted by atomic mass is 79.9. The summed E-state index contributed by atoms with van der Waals surface area (Å²) in [5, 5.41) is 0. The highest BCUT2D eigenvalue weighted by Gasteiger charge is 2.12. The molecular formula is C22H14Br2N2. The average molecular weight is 466 g/mol. The number of benzene rings is 2. The number of hydrogen-bond donors (Lipinski definition) is 0. The van der Waals surface area contributed by atoms with Crippen LogP contribution in [-0.2, 0) is 0 Å². The van der Waals surface area contributed by atoms with Gasteiger partial charge in [-0.05, 0) is 54.1 Å². The van der Waals surface area contributed by atoms with Crippen molar-refractivity contribution in [2.24, 2.45) is 0 Å². The largest absolute Gasteiger partial charge is 0.255 e. The molecule has 0 aliphatic carbocycles. The summed E-state index contributed by atoms with van der Waals surface area (Å²) in [6.45, 7) is 0. The van der Waals surface area contributed by atoms with Crippen LogP contribution in [0.2, 0.25) is 0 Å². The summed E-state index contributed by atoms with van der Waals surface area (Å²) in [7, 11) is 0. The normalized spacial score (nSPS) is 10.7. The third-order valence-electron chi connectivity index (χ3n) is 4.08. The van der Waals surface area contributed by atoms with Crippen molar-refractivity contribution in [1.29, 1.82) is 0 Å². The fourth-order valence-electron chi connectivity index (χ4n) is 2.83. The molecule has 4 heteroatoms. The van der Waals surface area contributed by atoms with Crippen molar-refractivity contribution in [2.75, 3.05) is 0 Å². The number of pyridine rings is 2. The minimum atomic E-state index is 0.863. The van der Waals surface area contributed by atoms with E-state index < -0.39 is 0 Å². The Kier molecular flexibility index (Phi) is 4.96. The van der Waals surface area contributed by atoms with Crippen LogP contribution in [0.15, 0.2) is 94.0 Å². The van der Waals surface area contributed by atoms with Gasteiger partial charge in [0.15, 0.2) is 0 Å². The summed E-state index contributed by atoms with van der Waals surface area (Å²) in [6.07, 6.45) is 1.79. The van der Waals surface area contributed by atoms with Gasteiger partial charge in [0.05, 0.1) is 17.1 Å². The molecule has 2 heterocycles. The molecule has 0 unspecified atom stereocenters. The second-order valence-corrected chi connectivity index (χ2v) is 7.66. The van der Waals surface area contributed by atoms with Crippen LogP contribution in [0.3, 0.4) is 0 Å². The quantitative estimate of drug-likeness (QED) is 0.325. The van der Waals surface area contributed by atoms with Gasteiger partial charge in [-0.1, -0.05) is 62.2 Å². The minimum absolute atomic E-state index is 0.863. The molecule has 4 rings (SSSR count). The fraction of sp³-hybridized carbons (Fsp3) is 0. The Bertz CT molecular complexity index is 1050. The third kappa shape index (κ3) is 3.62. The molecular weight excluding hydrogens is 452 g/mol. The lowest BCUT2D eigenvalue weighted by molar-refractivity contribution is 1.25. The number of rotatable bonds is 3. The molecule has 0 atom stereocenters. The van der Waals surface area contributed by atoms with Gasteiger partial charge in [0.25, 0.3) is 0 Å². The zero-order valence-electron chi connectivity index (χ0n) is 13.7. The monoisotopic (exact) mass is 464 g/mol. The van der Waals surface area contributed by atoms with Crippen LogP contribution in [0, 0.1) is 0 Å². The van der Waals surface area contributed by atoms with E-state index in [-0.39, 0.29) is 0 Å². The van der Waals surface area contributed by atoms with Crippen LogP contribution in [0.4, 0.5) is 0 Å². The molecule has 0 N–H and O–H groups in total. The van der Waals surface area contributed by atoms with Gasteiger partial charge >= 0.3 is 0 Å². The van der Waals surface area contributed by atoms with E-state index in [1.165, 1.54) is 0 Å². The standard InChI is InChI=1S/C22H14Br2N2/c23-17-9-7-15(8-10-17)22-19(16-4-3-5-18(24)14-16)11-12-21(26-22)20-6-1-2-13-25-20/h1-14H. The van der Waals surface area contributed by atoms with Crippen LogP contribution < -0.4 is 0 Å². The molecule has 2 nitrogen and oxygen atoms in total. The molecule has 0 saturated heterocycles. The summed E-state index contributed by atoms with van der Waals surface area (Å²) in [4.78, 5) is 9.39. The molecule has 0 radical (unpaired) electrons. The van der Waals surface area contributed by atoms with E-state index in [4.69, 9.17) is 4.98 Å². The number of halogens is 2.